The van der Waals surface area contributed by atoms with Gasteiger partial charge in [-0.05, 0) is 25.0 Å². The Kier molecular flexibility index (Phi) is 3.88. The summed E-state index contributed by atoms with van der Waals surface area (Å²) in [6.45, 7) is 7.32. The lowest BCUT2D eigenvalue weighted by Crippen LogP contribution is -1.97. The van der Waals surface area contributed by atoms with E-state index in [1.54, 1.807) is 11.3 Å². The van der Waals surface area contributed by atoms with Crippen LogP contribution in [0.25, 0.3) is 22.2 Å². The molecule has 0 amide bonds. The number of hydrogen-bond acceptors (Lipinski definition) is 4. The van der Waals surface area contributed by atoms with Crippen LogP contribution in [0.3, 0.4) is 0 Å². The van der Waals surface area contributed by atoms with Crippen molar-refractivity contribution in [3.8, 4) is 11.3 Å². The Labute approximate surface area is 129 Å². The van der Waals surface area contributed by atoms with E-state index in [2.05, 4.69) is 55.7 Å². The number of benzene rings is 1. The molecule has 0 aliphatic heterocycles. The van der Waals surface area contributed by atoms with Gasteiger partial charge in [-0.25, -0.2) is 4.98 Å². The third-order valence-electron chi connectivity index (χ3n) is 3.44. The van der Waals surface area contributed by atoms with Gasteiger partial charge in [-0.15, -0.1) is 11.3 Å². The Morgan fingerprint density at radius 2 is 2.00 bits per heavy atom. The highest BCUT2D eigenvalue weighted by molar-refractivity contribution is 7.14. The van der Waals surface area contributed by atoms with Gasteiger partial charge in [-0.3, -0.25) is 4.98 Å². The summed E-state index contributed by atoms with van der Waals surface area (Å²) < 4.78 is 0. The highest BCUT2D eigenvalue weighted by atomic mass is 32.1. The quantitative estimate of drug-likeness (QED) is 0.743. The molecule has 0 fully saturated rings. The lowest BCUT2D eigenvalue weighted by atomic mass is 10.0. The van der Waals surface area contributed by atoms with E-state index < -0.39 is 0 Å². The first kappa shape index (κ1) is 14.0. The van der Waals surface area contributed by atoms with Crippen LogP contribution in [0.4, 0.5) is 5.13 Å². The highest BCUT2D eigenvalue weighted by Crippen LogP contribution is 2.32. The Balaban J connectivity index is 2.18. The van der Waals surface area contributed by atoms with Crippen molar-refractivity contribution in [2.24, 2.45) is 0 Å². The monoisotopic (exact) mass is 297 g/mol. The van der Waals surface area contributed by atoms with Crippen LogP contribution in [0.2, 0.25) is 0 Å². The summed E-state index contributed by atoms with van der Waals surface area (Å²) in [6.07, 6.45) is 0. The minimum Gasteiger partial charge on any atom is -0.362 e. The second-order valence-electron chi connectivity index (χ2n) is 5.33. The average Bonchev–Trinajstić information content (AvgIpc) is 2.95. The molecule has 0 atom stereocenters. The van der Waals surface area contributed by atoms with Gasteiger partial charge in [0, 0.05) is 28.6 Å². The van der Waals surface area contributed by atoms with Crippen LogP contribution >= 0.6 is 11.3 Å². The van der Waals surface area contributed by atoms with Crippen LogP contribution in [-0.4, -0.2) is 16.5 Å². The predicted molar refractivity (Wildman–Crippen MR) is 91.1 cm³/mol. The number of anilines is 1. The lowest BCUT2D eigenvalue weighted by Gasteiger charge is -2.10. The maximum Gasteiger partial charge on any atom is 0.183 e. The molecule has 3 nitrogen and oxygen atoms in total. The van der Waals surface area contributed by atoms with Gasteiger partial charge in [0.25, 0.3) is 0 Å². The van der Waals surface area contributed by atoms with Crippen molar-refractivity contribution in [2.45, 2.75) is 26.7 Å². The maximum atomic E-state index is 4.76. The molecular formula is C17H19N3S. The van der Waals surface area contributed by atoms with Gasteiger partial charge in [0.2, 0.25) is 0 Å². The second-order valence-corrected chi connectivity index (χ2v) is 6.19. The molecule has 2 aromatic heterocycles. The highest BCUT2D eigenvalue weighted by Gasteiger charge is 2.12. The molecule has 3 rings (SSSR count). The summed E-state index contributed by atoms with van der Waals surface area (Å²) in [5, 5.41) is 7.52. The summed E-state index contributed by atoms with van der Waals surface area (Å²) in [4.78, 5) is 9.46. The van der Waals surface area contributed by atoms with Crippen LogP contribution in [-0.2, 0) is 0 Å². The summed E-state index contributed by atoms with van der Waals surface area (Å²) in [7, 11) is 0. The molecule has 0 aliphatic rings. The van der Waals surface area contributed by atoms with E-state index in [9.17, 15) is 0 Å². The Bertz CT molecular complexity index is 762. The van der Waals surface area contributed by atoms with E-state index in [-0.39, 0.29) is 0 Å². The van der Waals surface area contributed by atoms with E-state index >= 15 is 0 Å². The number of fused-ring (bicyclic) bond motifs is 1. The fourth-order valence-corrected chi connectivity index (χ4v) is 3.12. The maximum absolute atomic E-state index is 4.76. The van der Waals surface area contributed by atoms with Crippen molar-refractivity contribution in [1.29, 1.82) is 0 Å². The fourth-order valence-electron chi connectivity index (χ4n) is 2.33. The van der Waals surface area contributed by atoms with Gasteiger partial charge in [0.05, 0.1) is 11.2 Å². The van der Waals surface area contributed by atoms with Crippen molar-refractivity contribution in [1.82, 2.24) is 9.97 Å². The molecule has 1 N–H and O–H groups in total. The summed E-state index contributed by atoms with van der Waals surface area (Å²) in [5.41, 5.74) is 4.35. The number of nitrogens with zero attached hydrogens (tertiary/aromatic N) is 2. The first-order chi connectivity index (χ1) is 10.2. The van der Waals surface area contributed by atoms with E-state index in [0.29, 0.717) is 5.92 Å². The first-order valence-corrected chi connectivity index (χ1v) is 8.16. The molecular weight excluding hydrogens is 278 g/mol. The Hall–Kier alpha value is -1.94. The topological polar surface area (TPSA) is 37.8 Å². The summed E-state index contributed by atoms with van der Waals surface area (Å²) in [5.74, 6) is 0.403. The zero-order valence-electron chi connectivity index (χ0n) is 12.6. The molecule has 1 aromatic carbocycles. The lowest BCUT2D eigenvalue weighted by molar-refractivity contribution is 0.830. The largest absolute Gasteiger partial charge is 0.362 e. The molecule has 4 heteroatoms. The number of nitrogens with one attached hydrogen (secondary N) is 1. The number of pyridine rings is 1. The normalized spacial score (nSPS) is 11.2. The summed E-state index contributed by atoms with van der Waals surface area (Å²) >= 11 is 1.65. The van der Waals surface area contributed by atoms with E-state index in [0.717, 1.165) is 34.0 Å². The number of para-hydroxylation sites is 1. The smallest absolute Gasteiger partial charge is 0.183 e. The molecule has 2 heterocycles. The first-order valence-electron chi connectivity index (χ1n) is 7.28. The molecule has 0 spiro atoms. The molecule has 0 radical (unpaired) electrons. The van der Waals surface area contributed by atoms with Crippen LogP contribution in [0.5, 0.6) is 0 Å². The van der Waals surface area contributed by atoms with E-state index in [1.165, 1.54) is 5.56 Å². The number of rotatable bonds is 4. The van der Waals surface area contributed by atoms with Crippen LogP contribution in [0.15, 0.2) is 35.7 Å². The standard InChI is InChI=1S/C17H19N3S/c1-4-18-17-20-16(10-21-17)13-9-15(11(2)3)19-14-8-6-5-7-12(13)14/h5-11H,4H2,1-3H3,(H,18,20). The van der Waals surface area contributed by atoms with Crippen molar-refractivity contribution < 1.29 is 0 Å². The van der Waals surface area contributed by atoms with Gasteiger partial charge < -0.3 is 5.32 Å². The SMILES string of the molecule is CCNc1nc(-c2cc(C(C)C)nc3ccccc23)cs1. The fraction of sp³-hybridized carbons (Fsp3) is 0.294. The van der Waals surface area contributed by atoms with Crippen molar-refractivity contribution in [3.63, 3.8) is 0 Å². The van der Waals surface area contributed by atoms with Crippen LogP contribution in [0, 0.1) is 0 Å². The van der Waals surface area contributed by atoms with E-state index in [1.807, 2.05) is 6.07 Å². The minimum absolute atomic E-state index is 0.403. The van der Waals surface area contributed by atoms with Gasteiger partial charge >= 0.3 is 0 Å². The van der Waals surface area contributed by atoms with Crippen molar-refractivity contribution in [2.75, 3.05) is 11.9 Å². The van der Waals surface area contributed by atoms with Crippen LogP contribution < -0.4 is 5.32 Å². The molecule has 0 unspecified atom stereocenters. The molecule has 3 aromatic rings. The number of aromatic nitrogens is 2. The molecule has 0 saturated heterocycles. The Morgan fingerprint density at radius 1 is 1.19 bits per heavy atom. The van der Waals surface area contributed by atoms with Crippen LogP contribution in [0.1, 0.15) is 32.4 Å². The Morgan fingerprint density at radius 3 is 2.76 bits per heavy atom. The third-order valence-corrected chi connectivity index (χ3v) is 4.24. The number of hydrogen-bond donors (Lipinski definition) is 1. The zero-order chi connectivity index (χ0) is 14.8. The molecule has 21 heavy (non-hydrogen) atoms. The molecule has 0 bridgehead atoms. The molecule has 0 saturated carbocycles. The zero-order valence-corrected chi connectivity index (χ0v) is 13.4. The van der Waals surface area contributed by atoms with Gasteiger partial charge in [-0.1, -0.05) is 32.0 Å². The van der Waals surface area contributed by atoms with Gasteiger partial charge in [-0.2, -0.15) is 0 Å². The minimum atomic E-state index is 0.403. The molecule has 0 aliphatic carbocycles. The predicted octanol–water partition coefficient (Wildman–Crippen LogP) is 4.91. The van der Waals surface area contributed by atoms with E-state index in [4.69, 9.17) is 9.97 Å². The average molecular weight is 297 g/mol. The molecule has 108 valence electrons. The third kappa shape index (κ3) is 2.76. The van der Waals surface area contributed by atoms with Crippen molar-refractivity contribution >= 4 is 27.4 Å². The van der Waals surface area contributed by atoms with Gasteiger partial charge in [0.1, 0.15) is 0 Å². The van der Waals surface area contributed by atoms with Crippen molar-refractivity contribution in [3.05, 3.63) is 41.4 Å². The number of thiazole rings is 1. The second kappa shape index (κ2) is 5.82. The van der Waals surface area contributed by atoms with Gasteiger partial charge in [0.15, 0.2) is 5.13 Å². The summed E-state index contributed by atoms with van der Waals surface area (Å²) in [6, 6.07) is 10.5.